The number of rotatable bonds is 4. The summed E-state index contributed by atoms with van der Waals surface area (Å²) in [5, 5.41) is 12.7. The van der Waals surface area contributed by atoms with Crippen LogP contribution in [-0.4, -0.2) is 22.1 Å². The highest BCUT2D eigenvalue weighted by Crippen LogP contribution is 2.23. The van der Waals surface area contributed by atoms with E-state index in [4.69, 9.17) is 5.11 Å². The lowest BCUT2D eigenvalue weighted by Crippen LogP contribution is -2.21. The molecule has 0 fully saturated rings. The van der Waals surface area contributed by atoms with Crippen molar-refractivity contribution in [2.75, 3.05) is 5.32 Å². The lowest BCUT2D eigenvalue weighted by Gasteiger charge is -2.16. The third-order valence-electron chi connectivity index (χ3n) is 2.35. The normalized spacial score (nSPS) is 12.9. The molecule has 0 saturated heterocycles. The van der Waals surface area contributed by atoms with Crippen LogP contribution in [0.5, 0.6) is 0 Å². The molecule has 0 saturated carbocycles. The summed E-state index contributed by atoms with van der Waals surface area (Å²) in [4.78, 5) is 15.5. The monoisotopic (exact) mass is 228 g/mol. The van der Waals surface area contributed by atoms with Crippen molar-refractivity contribution < 1.29 is 9.90 Å². The van der Waals surface area contributed by atoms with E-state index < -0.39 is 5.97 Å². The van der Waals surface area contributed by atoms with Crippen LogP contribution < -0.4 is 5.32 Å². The van der Waals surface area contributed by atoms with E-state index in [1.807, 2.05) is 0 Å². The Balaban J connectivity index is 2.80. The molecular formula is C10H16N2O2S. The van der Waals surface area contributed by atoms with Gasteiger partial charge in [0.15, 0.2) is 10.8 Å². The quantitative estimate of drug-likeness (QED) is 0.831. The molecular weight excluding hydrogens is 212 g/mol. The van der Waals surface area contributed by atoms with Gasteiger partial charge in [0.2, 0.25) is 0 Å². The average Bonchev–Trinajstić information content (AvgIpc) is 2.46. The number of nitrogens with one attached hydrogen (secondary N) is 1. The molecule has 1 atom stereocenters. The highest BCUT2D eigenvalue weighted by Gasteiger charge is 2.15. The predicted octanol–water partition coefficient (Wildman–Crippen LogP) is 2.61. The van der Waals surface area contributed by atoms with Crippen molar-refractivity contribution >= 4 is 22.4 Å². The van der Waals surface area contributed by atoms with Gasteiger partial charge in [-0.3, -0.25) is 0 Å². The molecule has 0 bridgehead atoms. The van der Waals surface area contributed by atoms with Gasteiger partial charge in [-0.2, -0.15) is 0 Å². The number of nitrogens with zero attached hydrogens (tertiary/aromatic N) is 1. The van der Waals surface area contributed by atoms with E-state index in [9.17, 15) is 4.79 Å². The van der Waals surface area contributed by atoms with Crippen LogP contribution in [0.2, 0.25) is 0 Å². The Morgan fingerprint density at radius 3 is 2.47 bits per heavy atom. The third kappa shape index (κ3) is 2.92. The highest BCUT2D eigenvalue weighted by molar-refractivity contribution is 7.15. The van der Waals surface area contributed by atoms with E-state index >= 15 is 0 Å². The number of aryl methyl sites for hydroxylation is 1. The minimum absolute atomic E-state index is 0.151. The van der Waals surface area contributed by atoms with Crippen molar-refractivity contribution in [3.8, 4) is 0 Å². The molecule has 0 aromatic carbocycles. The summed E-state index contributed by atoms with van der Waals surface area (Å²) >= 11 is 1.39. The fourth-order valence-electron chi connectivity index (χ4n) is 1.02. The van der Waals surface area contributed by atoms with Crippen LogP contribution in [0, 0.1) is 12.8 Å². The molecule has 15 heavy (non-hydrogen) atoms. The van der Waals surface area contributed by atoms with Crippen molar-refractivity contribution in [1.82, 2.24) is 4.98 Å². The van der Waals surface area contributed by atoms with E-state index in [1.54, 1.807) is 6.92 Å². The maximum atomic E-state index is 10.8. The summed E-state index contributed by atoms with van der Waals surface area (Å²) < 4.78 is 0. The standard InChI is InChI=1S/C10H16N2O2S/c1-5(2)6(3)11-10-12-8(9(13)14)7(4)15-10/h5-6H,1-4H3,(H,11,12)(H,13,14). The number of aromatic nitrogens is 1. The van der Waals surface area contributed by atoms with Gasteiger partial charge in [0, 0.05) is 10.9 Å². The van der Waals surface area contributed by atoms with Gasteiger partial charge in [0.05, 0.1) is 0 Å². The Labute approximate surface area is 93.4 Å². The number of carbonyl (C=O) groups is 1. The highest BCUT2D eigenvalue weighted by atomic mass is 32.1. The van der Waals surface area contributed by atoms with Gasteiger partial charge >= 0.3 is 5.97 Å². The average molecular weight is 228 g/mol. The molecule has 0 spiro atoms. The molecule has 0 amide bonds. The molecule has 1 aromatic heterocycles. The van der Waals surface area contributed by atoms with Crippen LogP contribution in [0.4, 0.5) is 5.13 Å². The third-order valence-corrected chi connectivity index (χ3v) is 3.25. The largest absolute Gasteiger partial charge is 0.476 e. The zero-order valence-electron chi connectivity index (χ0n) is 9.37. The molecule has 0 aliphatic heterocycles. The van der Waals surface area contributed by atoms with Crippen LogP contribution in [0.1, 0.15) is 36.1 Å². The number of carboxylic acids is 1. The van der Waals surface area contributed by atoms with E-state index in [0.29, 0.717) is 11.0 Å². The molecule has 0 aliphatic carbocycles. The summed E-state index contributed by atoms with van der Waals surface area (Å²) in [6, 6.07) is 0.289. The Bertz CT molecular complexity index is 360. The minimum Gasteiger partial charge on any atom is -0.476 e. The Morgan fingerprint density at radius 1 is 1.47 bits per heavy atom. The maximum Gasteiger partial charge on any atom is 0.355 e. The summed E-state index contributed by atoms with van der Waals surface area (Å²) in [6.07, 6.45) is 0. The van der Waals surface area contributed by atoms with E-state index in [-0.39, 0.29) is 11.7 Å². The van der Waals surface area contributed by atoms with Gasteiger partial charge in [0.1, 0.15) is 0 Å². The van der Waals surface area contributed by atoms with E-state index in [1.165, 1.54) is 11.3 Å². The van der Waals surface area contributed by atoms with Gasteiger partial charge in [-0.15, -0.1) is 11.3 Å². The molecule has 4 nitrogen and oxygen atoms in total. The fourth-order valence-corrected chi connectivity index (χ4v) is 1.92. The molecule has 5 heteroatoms. The van der Waals surface area contributed by atoms with Crippen molar-refractivity contribution in [3.63, 3.8) is 0 Å². The second-order valence-electron chi connectivity index (χ2n) is 3.91. The molecule has 1 aromatic rings. The summed E-state index contributed by atoms with van der Waals surface area (Å²) in [7, 11) is 0. The first kappa shape index (κ1) is 12.0. The number of hydrogen-bond donors (Lipinski definition) is 2. The lowest BCUT2D eigenvalue weighted by atomic mass is 10.1. The Hall–Kier alpha value is -1.10. The predicted molar refractivity (Wildman–Crippen MR) is 61.7 cm³/mol. The lowest BCUT2D eigenvalue weighted by molar-refractivity contribution is 0.0690. The Morgan fingerprint density at radius 2 is 2.07 bits per heavy atom. The van der Waals surface area contributed by atoms with Gasteiger partial charge in [0.25, 0.3) is 0 Å². The smallest absolute Gasteiger partial charge is 0.355 e. The maximum absolute atomic E-state index is 10.8. The SMILES string of the molecule is Cc1sc(NC(C)C(C)C)nc1C(=O)O. The topological polar surface area (TPSA) is 62.2 Å². The van der Waals surface area contributed by atoms with Crippen molar-refractivity contribution in [2.45, 2.75) is 33.7 Å². The van der Waals surface area contributed by atoms with Gasteiger partial charge in [-0.1, -0.05) is 13.8 Å². The molecule has 84 valence electrons. The molecule has 2 N–H and O–H groups in total. The van der Waals surface area contributed by atoms with Crippen LogP contribution >= 0.6 is 11.3 Å². The molecule has 1 heterocycles. The first-order valence-electron chi connectivity index (χ1n) is 4.89. The van der Waals surface area contributed by atoms with Crippen LogP contribution in [0.25, 0.3) is 0 Å². The first-order valence-corrected chi connectivity index (χ1v) is 5.70. The summed E-state index contributed by atoms with van der Waals surface area (Å²) in [5.74, 6) is -0.475. The van der Waals surface area contributed by atoms with Crippen LogP contribution in [0.3, 0.4) is 0 Å². The van der Waals surface area contributed by atoms with Crippen molar-refractivity contribution in [2.24, 2.45) is 5.92 Å². The summed E-state index contributed by atoms with van der Waals surface area (Å²) in [6.45, 7) is 8.04. The molecule has 1 unspecified atom stereocenters. The van der Waals surface area contributed by atoms with Gasteiger partial charge < -0.3 is 10.4 Å². The van der Waals surface area contributed by atoms with E-state index in [0.717, 1.165) is 4.88 Å². The fraction of sp³-hybridized carbons (Fsp3) is 0.600. The van der Waals surface area contributed by atoms with Crippen LogP contribution in [-0.2, 0) is 0 Å². The first-order chi connectivity index (χ1) is 6.91. The zero-order valence-corrected chi connectivity index (χ0v) is 10.2. The number of thiazole rings is 1. The van der Waals surface area contributed by atoms with Gasteiger partial charge in [-0.05, 0) is 19.8 Å². The molecule has 0 aliphatic rings. The summed E-state index contributed by atoms with van der Waals surface area (Å²) in [5.41, 5.74) is 0.151. The number of aromatic carboxylic acids is 1. The number of hydrogen-bond acceptors (Lipinski definition) is 4. The van der Waals surface area contributed by atoms with Crippen molar-refractivity contribution in [3.05, 3.63) is 10.6 Å². The second kappa shape index (κ2) is 4.61. The number of carboxylic acid groups (broad SMARTS) is 1. The Kier molecular flexibility index (Phi) is 3.68. The zero-order chi connectivity index (χ0) is 11.6. The van der Waals surface area contributed by atoms with Gasteiger partial charge in [-0.25, -0.2) is 9.78 Å². The second-order valence-corrected chi connectivity index (χ2v) is 5.11. The molecule has 1 rings (SSSR count). The minimum atomic E-state index is -0.964. The van der Waals surface area contributed by atoms with Crippen LogP contribution in [0.15, 0.2) is 0 Å². The molecule has 0 radical (unpaired) electrons. The van der Waals surface area contributed by atoms with E-state index in [2.05, 4.69) is 31.1 Å². The number of anilines is 1. The van der Waals surface area contributed by atoms with Crippen molar-refractivity contribution in [1.29, 1.82) is 0 Å².